The Hall–Kier alpha value is -0.900. The molecule has 1 aromatic rings. The first-order valence-corrected chi connectivity index (χ1v) is 3.53. The summed E-state index contributed by atoms with van der Waals surface area (Å²) in [5, 5.41) is 0. The Morgan fingerprint density at radius 3 is 2.58 bits per heavy atom. The number of aromatic nitrogens is 1. The molecule has 2 nitrogen and oxygen atoms in total. The van der Waals surface area contributed by atoms with Crippen molar-refractivity contribution in [3.8, 4) is 5.75 Å². The van der Waals surface area contributed by atoms with Crippen LogP contribution in [0.5, 0.6) is 5.75 Å². The molecule has 0 bridgehead atoms. The van der Waals surface area contributed by atoms with E-state index in [0.717, 1.165) is 5.69 Å². The van der Waals surface area contributed by atoms with Gasteiger partial charge in [-0.15, -0.1) is 8.78 Å². The topological polar surface area (TPSA) is 22.1 Å². The summed E-state index contributed by atoms with van der Waals surface area (Å²) in [7, 11) is 0. The van der Waals surface area contributed by atoms with Crippen molar-refractivity contribution in [1.29, 1.82) is 0 Å². The van der Waals surface area contributed by atoms with Crippen molar-refractivity contribution in [2.24, 2.45) is 0 Å². The molecule has 1 heterocycles. The molecule has 12 heavy (non-hydrogen) atoms. The SMILES string of the molecule is Cc1ccc(OC(F)(F)Cl)cn1. The number of ether oxygens (including phenoxy) is 1. The summed E-state index contributed by atoms with van der Waals surface area (Å²) >= 11 is 4.52. The van der Waals surface area contributed by atoms with E-state index < -0.39 is 5.57 Å². The Morgan fingerprint density at radius 1 is 1.50 bits per heavy atom. The Morgan fingerprint density at radius 2 is 2.17 bits per heavy atom. The molecule has 1 aromatic heterocycles. The number of nitrogens with zero attached hydrogens (tertiary/aromatic N) is 1. The van der Waals surface area contributed by atoms with Crippen molar-refractivity contribution in [1.82, 2.24) is 4.98 Å². The van der Waals surface area contributed by atoms with Crippen molar-refractivity contribution in [3.05, 3.63) is 24.0 Å². The first-order valence-electron chi connectivity index (χ1n) is 3.16. The van der Waals surface area contributed by atoms with Gasteiger partial charge in [-0.3, -0.25) is 4.98 Å². The molecule has 5 heteroatoms. The van der Waals surface area contributed by atoms with Crippen molar-refractivity contribution in [3.63, 3.8) is 0 Å². The lowest BCUT2D eigenvalue weighted by Gasteiger charge is -2.09. The zero-order valence-electron chi connectivity index (χ0n) is 6.22. The number of rotatable bonds is 2. The summed E-state index contributed by atoms with van der Waals surface area (Å²) < 4.78 is 28.1. The second-order valence-corrected chi connectivity index (χ2v) is 2.62. The summed E-state index contributed by atoms with van der Waals surface area (Å²) in [4.78, 5) is 3.75. The zero-order chi connectivity index (χ0) is 9.19. The summed E-state index contributed by atoms with van der Waals surface area (Å²) in [6.07, 6.45) is 1.19. The van der Waals surface area contributed by atoms with Gasteiger partial charge in [0.25, 0.3) is 0 Å². The van der Waals surface area contributed by atoms with Crippen LogP contribution < -0.4 is 4.74 Å². The molecule has 0 aliphatic rings. The fraction of sp³-hybridized carbons (Fsp3) is 0.286. The van der Waals surface area contributed by atoms with Gasteiger partial charge < -0.3 is 4.74 Å². The zero-order valence-corrected chi connectivity index (χ0v) is 6.98. The van der Waals surface area contributed by atoms with Crippen LogP contribution in [-0.2, 0) is 0 Å². The molecule has 0 aromatic carbocycles. The second kappa shape index (κ2) is 3.23. The molecule has 0 saturated carbocycles. The van der Waals surface area contributed by atoms with Crippen LogP contribution in [0.2, 0.25) is 0 Å². The fourth-order valence-corrected chi connectivity index (χ4v) is 0.737. The maximum atomic E-state index is 12.0. The summed E-state index contributed by atoms with van der Waals surface area (Å²) in [5.74, 6) is -0.0550. The molecular weight excluding hydrogens is 188 g/mol. The first kappa shape index (κ1) is 9.19. The van der Waals surface area contributed by atoms with E-state index >= 15 is 0 Å². The van der Waals surface area contributed by atoms with Gasteiger partial charge in [-0.25, -0.2) is 0 Å². The molecule has 0 aliphatic carbocycles. The molecule has 1 rings (SSSR count). The molecule has 0 spiro atoms. The summed E-state index contributed by atoms with van der Waals surface area (Å²) in [6.45, 7) is 1.74. The molecule has 0 unspecified atom stereocenters. The first-order chi connectivity index (χ1) is 5.47. The highest BCUT2D eigenvalue weighted by atomic mass is 35.5. The molecule has 0 atom stereocenters. The highest BCUT2D eigenvalue weighted by Crippen LogP contribution is 2.23. The third-order valence-electron chi connectivity index (χ3n) is 1.12. The monoisotopic (exact) mass is 193 g/mol. The molecular formula is C7H6ClF2NO. The minimum absolute atomic E-state index is 0.0550. The predicted octanol–water partition coefficient (Wildman–Crippen LogP) is 2.56. The van der Waals surface area contributed by atoms with Crippen LogP contribution in [0.15, 0.2) is 18.3 Å². The Labute approximate surface area is 73.1 Å². The van der Waals surface area contributed by atoms with Gasteiger partial charge in [-0.2, -0.15) is 0 Å². The van der Waals surface area contributed by atoms with Crippen molar-refractivity contribution in [2.75, 3.05) is 0 Å². The third kappa shape index (κ3) is 3.00. The molecule has 66 valence electrons. The average Bonchev–Trinajstić information content (AvgIpc) is 1.91. The fourth-order valence-electron chi connectivity index (χ4n) is 0.648. The second-order valence-electron chi connectivity index (χ2n) is 2.18. The van der Waals surface area contributed by atoms with Gasteiger partial charge in [-0.05, 0) is 19.1 Å². The highest BCUT2D eigenvalue weighted by Gasteiger charge is 2.27. The van der Waals surface area contributed by atoms with Gasteiger partial charge in [0.05, 0.1) is 6.20 Å². The Balaban J connectivity index is 2.71. The lowest BCUT2D eigenvalue weighted by molar-refractivity contribution is -0.0966. The lowest BCUT2D eigenvalue weighted by atomic mass is 10.4. The van der Waals surface area contributed by atoms with Gasteiger partial charge in [0.2, 0.25) is 0 Å². The van der Waals surface area contributed by atoms with Crippen LogP contribution >= 0.6 is 11.6 Å². The van der Waals surface area contributed by atoms with E-state index in [-0.39, 0.29) is 5.75 Å². The largest absolute Gasteiger partial charge is 0.487 e. The van der Waals surface area contributed by atoms with Gasteiger partial charge in [-0.1, -0.05) is 0 Å². The van der Waals surface area contributed by atoms with E-state index in [1.807, 2.05) is 0 Å². The number of aryl methyl sites for hydroxylation is 1. The standard InChI is InChI=1S/C7H6ClF2NO/c1-5-2-3-6(4-11-5)12-7(8,9)10/h2-4H,1H3. The molecule has 0 radical (unpaired) electrons. The lowest BCUT2D eigenvalue weighted by Crippen LogP contribution is -2.15. The number of hydrogen-bond donors (Lipinski definition) is 0. The van der Waals surface area contributed by atoms with E-state index in [9.17, 15) is 8.78 Å². The molecule has 0 amide bonds. The van der Waals surface area contributed by atoms with E-state index in [2.05, 4.69) is 21.3 Å². The smallest absolute Gasteiger partial charge is 0.418 e. The van der Waals surface area contributed by atoms with Crippen LogP contribution in [0.25, 0.3) is 0 Å². The van der Waals surface area contributed by atoms with E-state index in [1.54, 1.807) is 13.0 Å². The Kier molecular flexibility index (Phi) is 2.47. The maximum absolute atomic E-state index is 12.0. The predicted molar refractivity (Wildman–Crippen MR) is 40.4 cm³/mol. The third-order valence-corrected chi connectivity index (χ3v) is 1.19. The van der Waals surface area contributed by atoms with Crippen LogP contribution in [-0.4, -0.2) is 10.6 Å². The normalized spacial score (nSPS) is 11.3. The number of alkyl halides is 3. The maximum Gasteiger partial charge on any atom is 0.487 e. The van der Waals surface area contributed by atoms with E-state index in [0.29, 0.717) is 0 Å². The number of pyridine rings is 1. The van der Waals surface area contributed by atoms with Gasteiger partial charge in [0, 0.05) is 17.3 Å². The van der Waals surface area contributed by atoms with Crippen LogP contribution in [0.1, 0.15) is 5.69 Å². The quantitative estimate of drug-likeness (QED) is 0.674. The summed E-state index contributed by atoms with van der Waals surface area (Å²) in [5.41, 5.74) is -2.95. The Bertz CT molecular complexity index is 257. The van der Waals surface area contributed by atoms with Crippen LogP contribution in [0.4, 0.5) is 8.78 Å². The minimum Gasteiger partial charge on any atom is -0.418 e. The van der Waals surface area contributed by atoms with Crippen molar-refractivity contribution in [2.45, 2.75) is 12.5 Å². The molecule has 0 aliphatic heterocycles. The molecule has 0 N–H and O–H groups in total. The highest BCUT2D eigenvalue weighted by molar-refractivity contribution is 6.20. The molecule has 0 fully saturated rings. The molecule has 0 saturated heterocycles. The van der Waals surface area contributed by atoms with Crippen LogP contribution in [0, 0.1) is 6.92 Å². The minimum atomic E-state index is -3.67. The van der Waals surface area contributed by atoms with Gasteiger partial charge in [0.1, 0.15) is 5.75 Å². The number of halogens is 3. The van der Waals surface area contributed by atoms with Gasteiger partial charge >= 0.3 is 5.57 Å². The van der Waals surface area contributed by atoms with E-state index in [4.69, 9.17) is 0 Å². The van der Waals surface area contributed by atoms with Crippen LogP contribution in [0.3, 0.4) is 0 Å². The van der Waals surface area contributed by atoms with Gasteiger partial charge in [0.15, 0.2) is 0 Å². The summed E-state index contributed by atoms with van der Waals surface area (Å²) in [6, 6.07) is 2.93. The average molecular weight is 194 g/mol. The number of hydrogen-bond acceptors (Lipinski definition) is 2. The van der Waals surface area contributed by atoms with Crippen molar-refractivity contribution >= 4 is 11.6 Å². The van der Waals surface area contributed by atoms with E-state index in [1.165, 1.54) is 12.3 Å². The van der Waals surface area contributed by atoms with Crippen molar-refractivity contribution < 1.29 is 13.5 Å².